The van der Waals surface area contributed by atoms with Crippen molar-refractivity contribution in [2.75, 3.05) is 0 Å². The number of Topliss-reactive ketones (excluding diaryl/α,β-unsaturated/α-hetero) is 1. The lowest BCUT2D eigenvalue weighted by atomic mass is 10.1. The maximum atomic E-state index is 11.4. The summed E-state index contributed by atoms with van der Waals surface area (Å²) in [5, 5.41) is 5.19. The standard InChI is InChI=1S/C12H8O.C6H7N/c13-12-5-4-10-6-8-2-1-3-9(8)7-11(10)12;1-2-4-6-7-5-3-1/h1-4,6-7H,5H2;1-7H. The van der Waals surface area contributed by atoms with Gasteiger partial charge in [-0.1, -0.05) is 36.5 Å². The third-order valence-electron chi connectivity index (χ3n) is 3.33. The summed E-state index contributed by atoms with van der Waals surface area (Å²) in [7, 11) is 0. The molecule has 0 amide bonds. The van der Waals surface area contributed by atoms with Crippen LogP contribution in [0.3, 0.4) is 0 Å². The van der Waals surface area contributed by atoms with Crippen LogP contribution in [0.4, 0.5) is 0 Å². The number of hydrogen-bond donors (Lipinski definition) is 1. The van der Waals surface area contributed by atoms with Crippen LogP contribution in [-0.2, 0) is 0 Å². The molecule has 0 fully saturated rings. The van der Waals surface area contributed by atoms with Gasteiger partial charge in [0, 0.05) is 24.4 Å². The van der Waals surface area contributed by atoms with E-state index in [9.17, 15) is 4.79 Å². The van der Waals surface area contributed by atoms with Crippen molar-refractivity contribution in [3.63, 3.8) is 0 Å². The highest BCUT2D eigenvalue weighted by Gasteiger charge is 2.13. The van der Waals surface area contributed by atoms with Crippen LogP contribution >= 0.6 is 0 Å². The molecule has 0 spiro atoms. The summed E-state index contributed by atoms with van der Waals surface area (Å²) in [5.41, 5.74) is 2.11. The first-order valence-electron chi connectivity index (χ1n) is 6.65. The molecule has 2 nitrogen and oxygen atoms in total. The molecule has 2 aliphatic carbocycles. The monoisotopic (exact) mass is 261 g/mol. The fourth-order valence-corrected chi connectivity index (χ4v) is 2.32. The van der Waals surface area contributed by atoms with Gasteiger partial charge in [0.15, 0.2) is 5.78 Å². The molecular formula is C18H15NO. The van der Waals surface area contributed by atoms with Crippen LogP contribution in [-0.4, -0.2) is 5.78 Å². The van der Waals surface area contributed by atoms with Gasteiger partial charge in [-0.15, -0.1) is 0 Å². The Balaban J connectivity index is 0.000000147. The quantitative estimate of drug-likeness (QED) is 0.774. The predicted octanol–water partition coefficient (Wildman–Crippen LogP) is 2.03. The first-order chi connectivity index (χ1) is 9.84. The molecule has 3 aliphatic rings. The first kappa shape index (κ1) is 12.4. The van der Waals surface area contributed by atoms with Gasteiger partial charge in [-0.05, 0) is 40.3 Å². The molecule has 2 heteroatoms. The zero-order valence-electron chi connectivity index (χ0n) is 11.0. The molecule has 4 rings (SSSR count). The van der Waals surface area contributed by atoms with E-state index in [1.54, 1.807) is 0 Å². The Morgan fingerprint density at radius 1 is 0.900 bits per heavy atom. The Hall–Kier alpha value is -2.61. The summed E-state index contributed by atoms with van der Waals surface area (Å²) in [5.74, 6) is 0.248. The Labute approximate surface area is 117 Å². The molecule has 20 heavy (non-hydrogen) atoms. The van der Waals surface area contributed by atoms with Crippen molar-refractivity contribution in [1.29, 1.82) is 0 Å². The lowest BCUT2D eigenvalue weighted by Gasteiger charge is -1.95. The molecular weight excluding hydrogens is 246 g/mol. The molecule has 1 aromatic rings. The van der Waals surface area contributed by atoms with E-state index in [2.05, 4.69) is 17.5 Å². The van der Waals surface area contributed by atoms with E-state index in [-0.39, 0.29) is 5.78 Å². The molecule has 0 saturated heterocycles. The fourth-order valence-electron chi connectivity index (χ4n) is 2.32. The lowest BCUT2D eigenvalue weighted by Crippen LogP contribution is -2.15. The van der Waals surface area contributed by atoms with Crippen LogP contribution in [0, 0.1) is 0 Å². The summed E-state index contributed by atoms with van der Waals surface area (Å²) in [4.78, 5) is 11.4. The third-order valence-corrected chi connectivity index (χ3v) is 3.33. The van der Waals surface area contributed by atoms with Gasteiger partial charge in [-0.2, -0.15) is 0 Å². The van der Waals surface area contributed by atoms with E-state index in [0.29, 0.717) is 6.42 Å². The second-order valence-corrected chi connectivity index (χ2v) is 4.70. The van der Waals surface area contributed by atoms with Gasteiger partial charge in [0.1, 0.15) is 0 Å². The number of nitrogens with one attached hydrogen (secondary N) is 1. The number of fused-ring (bicyclic) bond motifs is 2. The van der Waals surface area contributed by atoms with Gasteiger partial charge in [0.2, 0.25) is 0 Å². The molecule has 1 aromatic carbocycles. The predicted molar refractivity (Wildman–Crippen MR) is 83.2 cm³/mol. The molecule has 98 valence electrons. The number of hydrogen-bond acceptors (Lipinski definition) is 2. The fraction of sp³-hybridized carbons (Fsp3) is 0.0556. The maximum absolute atomic E-state index is 11.4. The SMILES string of the molecule is C1=CC=CNC=C1.O=C1CC=c2cc3c(cc21)=CC=C3. The van der Waals surface area contributed by atoms with Crippen LogP contribution in [0.5, 0.6) is 0 Å². The highest BCUT2D eigenvalue weighted by atomic mass is 16.1. The van der Waals surface area contributed by atoms with E-state index in [4.69, 9.17) is 0 Å². The van der Waals surface area contributed by atoms with Crippen LogP contribution in [0.15, 0.2) is 54.9 Å². The van der Waals surface area contributed by atoms with Crippen LogP contribution < -0.4 is 15.8 Å². The molecule has 1 N–H and O–H groups in total. The minimum atomic E-state index is 0.248. The van der Waals surface area contributed by atoms with E-state index in [0.717, 1.165) is 10.8 Å². The highest BCUT2D eigenvalue weighted by Crippen LogP contribution is 2.08. The van der Waals surface area contributed by atoms with Crippen molar-refractivity contribution in [2.45, 2.75) is 6.42 Å². The number of allylic oxidation sites excluding steroid dienone is 5. The van der Waals surface area contributed by atoms with E-state index in [1.807, 2.05) is 61.0 Å². The zero-order chi connectivity index (χ0) is 13.8. The lowest BCUT2D eigenvalue weighted by molar-refractivity contribution is 0.100. The average molecular weight is 261 g/mol. The second-order valence-electron chi connectivity index (χ2n) is 4.70. The Morgan fingerprint density at radius 3 is 2.50 bits per heavy atom. The Bertz CT molecular complexity index is 762. The van der Waals surface area contributed by atoms with E-state index >= 15 is 0 Å². The molecule has 0 aromatic heterocycles. The van der Waals surface area contributed by atoms with Gasteiger partial charge in [0.25, 0.3) is 0 Å². The molecule has 1 aliphatic heterocycles. The summed E-state index contributed by atoms with van der Waals surface area (Å²) in [6, 6.07) is 4.09. The maximum Gasteiger partial charge on any atom is 0.167 e. The van der Waals surface area contributed by atoms with Crippen LogP contribution in [0.2, 0.25) is 0 Å². The molecule has 1 heterocycles. The third kappa shape index (κ3) is 2.54. The molecule has 0 atom stereocenters. The number of carbonyl (C=O) groups is 1. The van der Waals surface area contributed by atoms with Crippen molar-refractivity contribution in [2.24, 2.45) is 0 Å². The number of rotatable bonds is 0. The van der Waals surface area contributed by atoms with Gasteiger partial charge >= 0.3 is 0 Å². The smallest absolute Gasteiger partial charge is 0.167 e. The number of carbonyl (C=O) groups excluding carboxylic acids is 1. The van der Waals surface area contributed by atoms with Crippen molar-refractivity contribution in [3.8, 4) is 0 Å². The second kappa shape index (κ2) is 5.57. The molecule has 0 bridgehead atoms. The minimum absolute atomic E-state index is 0.248. The first-order valence-corrected chi connectivity index (χ1v) is 6.65. The van der Waals surface area contributed by atoms with Gasteiger partial charge in [-0.3, -0.25) is 4.79 Å². The molecule has 0 radical (unpaired) electrons. The van der Waals surface area contributed by atoms with Gasteiger partial charge in [-0.25, -0.2) is 0 Å². The number of benzene rings is 1. The van der Waals surface area contributed by atoms with Crippen molar-refractivity contribution in [1.82, 2.24) is 5.32 Å². The summed E-state index contributed by atoms with van der Waals surface area (Å²) in [6.07, 6.45) is 20.3. The number of ketones is 1. The summed E-state index contributed by atoms with van der Waals surface area (Å²) in [6.45, 7) is 0. The Morgan fingerprint density at radius 2 is 1.70 bits per heavy atom. The summed E-state index contributed by atoms with van der Waals surface area (Å²) < 4.78 is 0. The topological polar surface area (TPSA) is 29.1 Å². The van der Waals surface area contributed by atoms with Crippen LogP contribution in [0.25, 0.3) is 18.2 Å². The Kier molecular flexibility index (Phi) is 3.46. The molecule has 0 unspecified atom stereocenters. The van der Waals surface area contributed by atoms with Crippen molar-refractivity contribution >= 4 is 24.0 Å². The average Bonchev–Trinajstić information content (AvgIpc) is 2.93. The summed E-state index contributed by atoms with van der Waals surface area (Å²) >= 11 is 0. The van der Waals surface area contributed by atoms with E-state index < -0.39 is 0 Å². The minimum Gasteiger partial charge on any atom is -0.368 e. The normalized spacial score (nSPS) is 16.3. The highest BCUT2D eigenvalue weighted by molar-refractivity contribution is 6.03. The largest absolute Gasteiger partial charge is 0.368 e. The zero-order valence-corrected chi connectivity index (χ0v) is 11.0. The van der Waals surface area contributed by atoms with Crippen molar-refractivity contribution in [3.05, 3.63) is 76.5 Å². The van der Waals surface area contributed by atoms with Gasteiger partial charge < -0.3 is 5.32 Å². The van der Waals surface area contributed by atoms with Gasteiger partial charge in [0.05, 0.1) is 0 Å². The molecule has 0 saturated carbocycles. The van der Waals surface area contributed by atoms with Crippen LogP contribution in [0.1, 0.15) is 22.3 Å². The van der Waals surface area contributed by atoms with Crippen molar-refractivity contribution < 1.29 is 4.79 Å². The van der Waals surface area contributed by atoms with E-state index in [1.165, 1.54) is 10.8 Å².